The first kappa shape index (κ1) is 12.2. The smallest absolute Gasteiger partial charge is 0.0523 e. The molecule has 4 aliphatic rings. The van der Waals surface area contributed by atoms with Gasteiger partial charge in [0.15, 0.2) is 0 Å². The highest BCUT2D eigenvalue weighted by Gasteiger charge is 2.55. The maximum atomic E-state index is 5.88. The molecule has 0 unspecified atom stereocenters. The van der Waals surface area contributed by atoms with Crippen LogP contribution < -0.4 is 0 Å². The van der Waals surface area contributed by atoms with Gasteiger partial charge in [0.1, 0.15) is 0 Å². The Kier molecular flexibility index (Phi) is 2.55. The molecule has 1 aliphatic heterocycles. The van der Waals surface area contributed by atoms with Crippen LogP contribution in [0.5, 0.6) is 0 Å². The molecule has 5 atom stereocenters. The van der Waals surface area contributed by atoms with Crippen LogP contribution in [0.15, 0.2) is 23.8 Å². The van der Waals surface area contributed by atoms with Crippen molar-refractivity contribution in [1.82, 2.24) is 0 Å². The topological polar surface area (TPSA) is 9.23 Å². The van der Waals surface area contributed by atoms with Crippen molar-refractivity contribution >= 4 is 0 Å². The minimum Gasteiger partial charge on any atom is -0.381 e. The van der Waals surface area contributed by atoms with Crippen LogP contribution in [0.1, 0.15) is 46.0 Å². The van der Waals surface area contributed by atoms with Crippen molar-refractivity contribution in [1.29, 1.82) is 0 Å². The van der Waals surface area contributed by atoms with Gasteiger partial charge in [-0.05, 0) is 66.3 Å². The largest absolute Gasteiger partial charge is 0.381 e. The summed E-state index contributed by atoms with van der Waals surface area (Å²) in [5.74, 6) is 2.59. The van der Waals surface area contributed by atoms with Crippen molar-refractivity contribution in [3.63, 3.8) is 0 Å². The highest BCUT2D eigenvalue weighted by atomic mass is 16.5. The minimum absolute atomic E-state index is 0.460. The normalized spacial score (nSPS) is 52.1. The lowest BCUT2D eigenvalue weighted by Gasteiger charge is -2.55. The average molecular weight is 258 g/mol. The van der Waals surface area contributed by atoms with Gasteiger partial charge in [-0.3, -0.25) is 0 Å². The molecule has 1 saturated carbocycles. The van der Waals surface area contributed by atoms with Crippen LogP contribution in [-0.2, 0) is 4.74 Å². The Morgan fingerprint density at radius 3 is 3.00 bits per heavy atom. The Morgan fingerprint density at radius 2 is 2.11 bits per heavy atom. The summed E-state index contributed by atoms with van der Waals surface area (Å²) in [6, 6.07) is 0. The van der Waals surface area contributed by atoms with E-state index >= 15 is 0 Å². The van der Waals surface area contributed by atoms with Crippen molar-refractivity contribution in [2.24, 2.45) is 28.6 Å². The zero-order valence-electron chi connectivity index (χ0n) is 12.3. The van der Waals surface area contributed by atoms with Gasteiger partial charge >= 0.3 is 0 Å². The Labute approximate surface area is 117 Å². The number of fused-ring (bicyclic) bond motifs is 5. The quantitative estimate of drug-likeness (QED) is 0.627. The Morgan fingerprint density at radius 1 is 1.21 bits per heavy atom. The van der Waals surface area contributed by atoms with E-state index in [1.54, 1.807) is 5.57 Å². The first-order valence-corrected chi connectivity index (χ1v) is 8.08. The fraction of sp³-hybridized carbons (Fsp3) is 0.778. The van der Waals surface area contributed by atoms with Gasteiger partial charge in [0.05, 0.1) is 13.2 Å². The maximum Gasteiger partial charge on any atom is 0.0523 e. The van der Waals surface area contributed by atoms with Crippen molar-refractivity contribution in [2.75, 3.05) is 13.2 Å². The molecule has 104 valence electrons. The van der Waals surface area contributed by atoms with E-state index in [1.807, 2.05) is 0 Å². The predicted molar refractivity (Wildman–Crippen MR) is 77.8 cm³/mol. The molecule has 1 heteroatoms. The van der Waals surface area contributed by atoms with Gasteiger partial charge in [0.25, 0.3) is 0 Å². The number of hydrogen-bond donors (Lipinski definition) is 0. The van der Waals surface area contributed by atoms with Gasteiger partial charge in [0, 0.05) is 0 Å². The second-order valence-corrected chi connectivity index (χ2v) is 7.84. The van der Waals surface area contributed by atoms with E-state index in [0.717, 1.165) is 31.0 Å². The monoisotopic (exact) mass is 258 g/mol. The summed E-state index contributed by atoms with van der Waals surface area (Å²) >= 11 is 0. The van der Waals surface area contributed by atoms with Gasteiger partial charge in [-0.2, -0.15) is 0 Å². The van der Waals surface area contributed by atoms with Crippen LogP contribution in [0.4, 0.5) is 0 Å². The standard InChI is InChI=1S/C18H26O/c1-17-10-8-15-14(16(17)11-19-12-17)7-6-13-5-3-4-9-18(13,15)2/h3,5-6,14-16H,4,7-12H2,1-2H3/t14-,15+,16+,17-,18+/m1/s1. The maximum absolute atomic E-state index is 5.88. The highest BCUT2D eigenvalue weighted by Crippen LogP contribution is 2.61. The predicted octanol–water partition coefficient (Wildman–Crippen LogP) is 4.35. The molecular formula is C18H26O. The third kappa shape index (κ3) is 1.57. The first-order valence-electron chi connectivity index (χ1n) is 8.08. The Balaban J connectivity index is 1.73. The summed E-state index contributed by atoms with van der Waals surface area (Å²) < 4.78 is 5.88. The molecule has 1 nitrogen and oxygen atoms in total. The van der Waals surface area contributed by atoms with Crippen molar-refractivity contribution in [3.8, 4) is 0 Å². The zero-order valence-corrected chi connectivity index (χ0v) is 12.3. The molecule has 0 radical (unpaired) electrons. The summed E-state index contributed by atoms with van der Waals surface area (Å²) in [6.45, 7) is 7.04. The molecule has 4 rings (SSSR count). The van der Waals surface area contributed by atoms with Crippen LogP contribution in [0.25, 0.3) is 0 Å². The number of ether oxygens (including phenoxy) is 1. The highest BCUT2D eigenvalue weighted by molar-refractivity contribution is 5.33. The molecule has 2 fully saturated rings. The van der Waals surface area contributed by atoms with Crippen LogP contribution in [-0.4, -0.2) is 13.2 Å². The minimum atomic E-state index is 0.460. The first-order chi connectivity index (χ1) is 9.13. The van der Waals surface area contributed by atoms with Crippen LogP contribution >= 0.6 is 0 Å². The van der Waals surface area contributed by atoms with E-state index in [9.17, 15) is 0 Å². The molecule has 0 bridgehead atoms. The molecule has 0 N–H and O–H groups in total. The summed E-state index contributed by atoms with van der Waals surface area (Å²) in [5.41, 5.74) is 2.58. The van der Waals surface area contributed by atoms with Crippen molar-refractivity contribution in [3.05, 3.63) is 23.8 Å². The number of rotatable bonds is 0. The van der Waals surface area contributed by atoms with E-state index in [2.05, 4.69) is 32.1 Å². The Bertz CT molecular complexity index is 449. The van der Waals surface area contributed by atoms with Gasteiger partial charge in [-0.1, -0.05) is 32.1 Å². The van der Waals surface area contributed by atoms with Crippen molar-refractivity contribution in [2.45, 2.75) is 46.0 Å². The second kappa shape index (κ2) is 3.97. The lowest BCUT2D eigenvalue weighted by molar-refractivity contribution is -0.00816. The third-order valence-electron chi connectivity index (χ3n) is 6.90. The molecule has 1 saturated heterocycles. The van der Waals surface area contributed by atoms with E-state index < -0.39 is 0 Å². The molecule has 0 spiro atoms. The van der Waals surface area contributed by atoms with Crippen LogP contribution in [0.3, 0.4) is 0 Å². The summed E-state index contributed by atoms with van der Waals surface area (Å²) in [7, 11) is 0. The lowest BCUT2D eigenvalue weighted by atomic mass is 9.49. The van der Waals surface area contributed by atoms with Gasteiger partial charge in [-0.25, -0.2) is 0 Å². The molecule has 1 heterocycles. The molecule has 0 aromatic heterocycles. The van der Waals surface area contributed by atoms with Crippen molar-refractivity contribution < 1.29 is 4.74 Å². The van der Waals surface area contributed by atoms with Gasteiger partial charge in [0.2, 0.25) is 0 Å². The second-order valence-electron chi connectivity index (χ2n) is 7.84. The average Bonchev–Trinajstić information content (AvgIpc) is 2.79. The Hall–Kier alpha value is -0.560. The van der Waals surface area contributed by atoms with E-state index in [4.69, 9.17) is 4.74 Å². The molecule has 0 aromatic rings. The van der Waals surface area contributed by atoms with E-state index in [0.29, 0.717) is 10.8 Å². The SMILES string of the molecule is C[C@]12CC[C@H]3[C@@H](CC=C4C=CCC[C@@]43C)[C@@H]1COC2. The summed E-state index contributed by atoms with van der Waals surface area (Å²) in [4.78, 5) is 0. The van der Waals surface area contributed by atoms with Crippen LogP contribution in [0.2, 0.25) is 0 Å². The van der Waals surface area contributed by atoms with Gasteiger partial charge < -0.3 is 4.74 Å². The number of allylic oxidation sites excluding steroid dienone is 4. The summed E-state index contributed by atoms with van der Waals surface area (Å²) in [6.07, 6.45) is 14.1. The summed E-state index contributed by atoms with van der Waals surface area (Å²) in [5, 5.41) is 0. The van der Waals surface area contributed by atoms with E-state index in [-0.39, 0.29) is 0 Å². The molecule has 3 aliphatic carbocycles. The molecule has 0 amide bonds. The molecular weight excluding hydrogens is 232 g/mol. The van der Waals surface area contributed by atoms with E-state index in [1.165, 1.54) is 32.1 Å². The zero-order chi connectivity index (χ0) is 13.1. The fourth-order valence-electron chi connectivity index (χ4n) is 5.62. The van der Waals surface area contributed by atoms with Gasteiger partial charge in [-0.15, -0.1) is 0 Å². The molecule has 0 aromatic carbocycles. The fourth-order valence-corrected chi connectivity index (χ4v) is 5.62. The third-order valence-corrected chi connectivity index (χ3v) is 6.90. The molecule has 19 heavy (non-hydrogen) atoms. The van der Waals surface area contributed by atoms with Crippen LogP contribution in [0, 0.1) is 28.6 Å². The lowest BCUT2D eigenvalue weighted by Crippen LogP contribution is -2.48. The number of hydrogen-bond acceptors (Lipinski definition) is 1.